The van der Waals surface area contributed by atoms with Gasteiger partial charge in [0.1, 0.15) is 5.82 Å². The SMILES string of the molecule is O=C(CNC(c1ccc(F)cc1)C1CC1)N1CCCCC1. The van der Waals surface area contributed by atoms with Gasteiger partial charge >= 0.3 is 0 Å². The Kier molecular flexibility index (Phi) is 4.54. The lowest BCUT2D eigenvalue weighted by Gasteiger charge is -2.28. The van der Waals surface area contributed by atoms with Crippen LogP contribution < -0.4 is 5.32 Å². The minimum Gasteiger partial charge on any atom is -0.342 e. The van der Waals surface area contributed by atoms with Gasteiger partial charge in [-0.2, -0.15) is 0 Å². The molecule has 1 N–H and O–H groups in total. The summed E-state index contributed by atoms with van der Waals surface area (Å²) < 4.78 is 13.0. The second-order valence-electron chi connectivity index (χ2n) is 6.19. The first-order valence-electron chi connectivity index (χ1n) is 8.00. The van der Waals surface area contributed by atoms with Crippen molar-refractivity contribution >= 4 is 5.91 Å². The minimum absolute atomic E-state index is 0.180. The van der Waals surface area contributed by atoms with Gasteiger partial charge in [0.25, 0.3) is 0 Å². The summed E-state index contributed by atoms with van der Waals surface area (Å²) in [5, 5.41) is 3.40. The summed E-state index contributed by atoms with van der Waals surface area (Å²) in [5.41, 5.74) is 1.09. The molecule has 0 aromatic heterocycles. The fraction of sp³-hybridized carbons (Fsp3) is 0.588. The summed E-state index contributed by atoms with van der Waals surface area (Å²) in [6, 6.07) is 6.84. The number of nitrogens with zero attached hydrogens (tertiary/aromatic N) is 1. The number of carbonyl (C=O) groups excluding carboxylic acids is 1. The summed E-state index contributed by atoms with van der Waals surface area (Å²) >= 11 is 0. The number of amides is 1. The largest absolute Gasteiger partial charge is 0.342 e. The summed E-state index contributed by atoms with van der Waals surface area (Å²) in [6.07, 6.45) is 5.85. The molecule has 1 amide bonds. The maximum Gasteiger partial charge on any atom is 0.236 e. The van der Waals surface area contributed by atoms with Crippen LogP contribution in [0.3, 0.4) is 0 Å². The third-order valence-corrected chi connectivity index (χ3v) is 4.50. The summed E-state index contributed by atoms with van der Waals surface area (Å²) in [5.74, 6) is 0.574. The molecule has 0 radical (unpaired) electrons. The second-order valence-corrected chi connectivity index (χ2v) is 6.19. The number of rotatable bonds is 5. The lowest BCUT2D eigenvalue weighted by Crippen LogP contribution is -2.42. The van der Waals surface area contributed by atoms with Gasteiger partial charge in [0.2, 0.25) is 5.91 Å². The van der Waals surface area contributed by atoms with E-state index in [1.807, 2.05) is 17.0 Å². The quantitative estimate of drug-likeness (QED) is 0.904. The Labute approximate surface area is 125 Å². The van der Waals surface area contributed by atoms with Gasteiger partial charge in [-0.3, -0.25) is 4.79 Å². The molecule has 1 aliphatic carbocycles. The van der Waals surface area contributed by atoms with E-state index in [0.717, 1.165) is 31.5 Å². The molecule has 1 saturated carbocycles. The summed E-state index contributed by atoms with van der Waals surface area (Å²) in [6.45, 7) is 2.18. The number of nitrogens with one attached hydrogen (secondary N) is 1. The van der Waals surface area contributed by atoms with Crippen LogP contribution in [0.15, 0.2) is 24.3 Å². The molecular formula is C17H23FN2O. The Bertz CT molecular complexity index is 478. The van der Waals surface area contributed by atoms with E-state index in [1.54, 1.807) is 0 Å². The van der Waals surface area contributed by atoms with Crippen LogP contribution >= 0.6 is 0 Å². The highest BCUT2D eigenvalue weighted by Crippen LogP contribution is 2.40. The van der Waals surface area contributed by atoms with Gasteiger partial charge in [-0.15, -0.1) is 0 Å². The van der Waals surface area contributed by atoms with Crippen LogP contribution in [0.5, 0.6) is 0 Å². The van der Waals surface area contributed by atoms with E-state index < -0.39 is 0 Å². The van der Waals surface area contributed by atoms with Gasteiger partial charge in [-0.05, 0) is 55.7 Å². The molecule has 1 unspecified atom stereocenters. The van der Waals surface area contributed by atoms with E-state index in [0.29, 0.717) is 12.5 Å². The van der Waals surface area contributed by atoms with Gasteiger partial charge in [-0.25, -0.2) is 4.39 Å². The Morgan fingerprint density at radius 3 is 2.48 bits per heavy atom. The Morgan fingerprint density at radius 2 is 1.86 bits per heavy atom. The lowest BCUT2D eigenvalue weighted by atomic mass is 10.0. The molecule has 21 heavy (non-hydrogen) atoms. The monoisotopic (exact) mass is 290 g/mol. The number of likely N-dealkylation sites (tertiary alicyclic amines) is 1. The van der Waals surface area contributed by atoms with Crippen molar-refractivity contribution in [3.63, 3.8) is 0 Å². The molecule has 1 aliphatic heterocycles. The molecule has 2 aliphatic rings. The third-order valence-electron chi connectivity index (χ3n) is 4.50. The fourth-order valence-corrected chi connectivity index (χ4v) is 3.11. The predicted molar refractivity (Wildman–Crippen MR) is 80.3 cm³/mol. The number of halogens is 1. The summed E-state index contributed by atoms with van der Waals surface area (Å²) in [7, 11) is 0. The van der Waals surface area contributed by atoms with Crippen molar-refractivity contribution in [3.8, 4) is 0 Å². The average Bonchev–Trinajstić information content (AvgIpc) is 3.35. The highest BCUT2D eigenvalue weighted by atomic mass is 19.1. The van der Waals surface area contributed by atoms with Crippen LogP contribution in [0.1, 0.15) is 43.7 Å². The topological polar surface area (TPSA) is 32.3 Å². The molecule has 3 nitrogen and oxygen atoms in total. The van der Waals surface area contributed by atoms with E-state index in [2.05, 4.69) is 5.32 Å². The molecule has 2 fully saturated rings. The zero-order chi connectivity index (χ0) is 14.7. The molecule has 1 atom stereocenters. The van der Waals surface area contributed by atoms with Crippen LogP contribution in [-0.2, 0) is 4.79 Å². The van der Waals surface area contributed by atoms with Crippen molar-refractivity contribution in [1.82, 2.24) is 10.2 Å². The first-order chi connectivity index (χ1) is 10.2. The van der Waals surface area contributed by atoms with Gasteiger partial charge in [0.15, 0.2) is 0 Å². The third kappa shape index (κ3) is 3.82. The van der Waals surface area contributed by atoms with Gasteiger partial charge in [0.05, 0.1) is 6.54 Å². The van der Waals surface area contributed by atoms with Crippen molar-refractivity contribution in [3.05, 3.63) is 35.6 Å². The van der Waals surface area contributed by atoms with Crippen LogP contribution in [0.25, 0.3) is 0 Å². The van der Waals surface area contributed by atoms with Crippen molar-refractivity contribution in [2.75, 3.05) is 19.6 Å². The zero-order valence-corrected chi connectivity index (χ0v) is 12.4. The normalized spacial score (nSPS) is 20.3. The minimum atomic E-state index is -0.210. The lowest BCUT2D eigenvalue weighted by molar-refractivity contribution is -0.131. The maximum atomic E-state index is 13.0. The number of hydrogen-bond donors (Lipinski definition) is 1. The van der Waals surface area contributed by atoms with Gasteiger partial charge < -0.3 is 10.2 Å². The highest BCUT2D eigenvalue weighted by Gasteiger charge is 2.32. The van der Waals surface area contributed by atoms with Crippen molar-refractivity contribution in [1.29, 1.82) is 0 Å². The number of carbonyl (C=O) groups is 1. The molecule has 0 spiro atoms. The molecule has 1 saturated heterocycles. The van der Waals surface area contributed by atoms with Crippen molar-refractivity contribution < 1.29 is 9.18 Å². The Morgan fingerprint density at radius 1 is 1.19 bits per heavy atom. The number of benzene rings is 1. The number of hydrogen-bond acceptors (Lipinski definition) is 2. The molecule has 4 heteroatoms. The highest BCUT2D eigenvalue weighted by molar-refractivity contribution is 5.78. The average molecular weight is 290 g/mol. The predicted octanol–water partition coefficient (Wildman–Crippen LogP) is 2.88. The summed E-state index contributed by atoms with van der Waals surface area (Å²) in [4.78, 5) is 14.2. The molecule has 1 aromatic rings. The van der Waals surface area contributed by atoms with E-state index >= 15 is 0 Å². The molecule has 114 valence electrons. The van der Waals surface area contributed by atoms with E-state index in [9.17, 15) is 9.18 Å². The first-order valence-corrected chi connectivity index (χ1v) is 8.00. The van der Waals surface area contributed by atoms with Crippen molar-refractivity contribution in [2.24, 2.45) is 5.92 Å². The van der Waals surface area contributed by atoms with E-state index in [1.165, 1.54) is 31.4 Å². The maximum absolute atomic E-state index is 13.0. The molecule has 1 heterocycles. The fourth-order valence-electron chi connectivity index (χ4n) is 3.11. The molecule has 3 rings (SSSR count). The van der Waals surface area contributed by atoms with Crippen LogP contribution in [0, 0.1) is 11.7 Å². The second kappa shape index (κ2) is 6.56. The van der Waals surface area contributed by atoms with Gasteiger partial charge in [0, 0.05) is 19.1 Å². The number of piperidine rings is 1. The molecular weight excluding hydrogens is 267 g/mol. The zero-order valence-electron chi connectivity index (χ0n) is 12.4. The van der Waals surface area contributed by atoms with E-state index in [-0.39, 0.29) is 17.8 Å². The Balaban J connectivity index is 1.58. The van der Waals surface area contributed by atoms with Crippen LogP contribution in [-0.4, -0.2) is 30.4 Å². The standard InChI is InChI=1S/C17H23FN2O/c18-15-8-6-14(7-9-15)17(13-4-5-13)19-12-16(21)20-10-2-1-3-11-20/h6-9,13,17,19H,1-5,10-12H2. The molecule has 0 bridgehead atoms. The molecule has 1 aromatic carbocycles. The first kappa shape index (κ1) is 14.5. The Hall–Kier alpha value is -1.42. The smallest absolute Gasteiger partial charge is 0.236 e. The van der Waals surface area contributed by atoms with Gasteiger partial charge in [-0.1, -0.05) is 12.1 Å². The van der Waals surface area contributed by atoms with Crippen LogP contribution in [0.4, 0.5) is 4.39 Å². The van der Waals surface area contributed by atoms with Crippen molar-refractivity contribution in [2.45, 2.75) is 38.1 Å². The van der Waals surface area contributed by atoms with E-state index in [4.69, 9.17) is 0 Å². The van der Waals surface area contributed by atoms with Crippen LogP contribution in [0.2, 0.25) is 0 Å².